The summed E-state index contributed by atoms with van der Waals surface area (Å²) >= 11 is 0. The standard InChI is InChI=1S/C11H8FN7O/c12-9-2-1-8(19-7-14-16-17-19)5-10(9)15-11(20)18-4-3-13-6-18/h1-7H,(H,15,20). The lowest BCUT2D eigenvalue weighted by atomic mass is 10.2. The average Bonchev–Trinajstić information content (AvgIpc) is 3.14. The molecule has 1 amide bonds. The van der Waals surface area contributed by atoms with Crippen LogP contribution in [-0.4, -0.2) is 35.8 Å². The van der Waals surface area contributed by atoms with E-state index < -0.39 is 11.8 Å². The van der Waals surface area contributed by atoms with Crippen molar-refractivity contribution in [3.63, 3.8) is 0 Å². The van der Waals surface area contributed by atoms with E-state index in [4.69, 9.17) is 0 Å². The maximum atomic E-state index is 13.7. The summed E-state index contributed by atoms with van der Waals surface area (Å²) in [4.78, 5) is 15.6. The van der Waals surface area contributed by atoms with Gasteiger partial charge in [0, 0.05) is 12.4 Å². The van der Waals surface area contributed by atoms with Crippen molar-refractivity contribution in [3.8, 4) is 5.69 Å². The Labute approximate surface area is 111 Å². The maximum absolute atomic E-state index is 13.7. The monoisotopic (exact) mass is 273 g/mol. The molecule has 0 saturated heterocycles. The van der Waals surface area contributed by atoms with E-state index in [1.165, 1.54) is 52.5 Å². The van der Waals surface area contributed by atoms with E-state index in [2.05, 4.69) is 25.8 Å². The molecule has 1 N–H and O–H groups in total. The Morgan fingerprint density at radius 2 is 2.20 bits per heavy atom. The number of nitrogens with one attached hydrogen (secondary N) is 1. The van der Waals surface area contributed by atoms with Crippen molar-refractivity contribution < 1.29 is 9.18 Å². The molecule has 8 nitrogen and oxygen atoms in total. The first-order valence-electron chi connectivity index (χ1n) is 5.56. The summed E-state index contributed by atoms with van der Waals surface area (Å²) in [5.41, 5.74) is 0.550. The number of carbonyl (C=O) groups is 1. The minimum absolute atomic E-state index is 0.0247. The second-order valence-corrected chi connectivity index (χ2v) is 3.82. The molecule has 0 unspecified atom stereocenters. The molecule has 0 saturated carbocycles. The number of anilines is 1. The van der Waals surface area contributed by atoms with Crippen LogP contribution in [0.3, 0.4) is 0 Å². The quantitative estimate of drug-likeness (QED) is 0.754. The van der Waals surface area contributed by atoms with Crippen LogP contribution >= 0.6 is 0 Å². The third kappa shape index (κ3) is 2.23. The van der Waals surface area contributed by atoms with Crippen molar-refractivity contribution in [2.75, 3.05) is 5.32 Å². The van der Waals surface area contributed by atoms with Crippen LogP contribution in [0.25, 0.3) is 5.69 Å². The van der Waals surface area contributed by atoms with Crippen LogP contribution in [0.5, 0.6) is 0 Å². The molecular weight excluding hydrogens is 265 g/mol. The van der Waals surface area contributed by atoms with Crippen LogP contribution in [0, 0.1) is 5.82 Å². The van der Waals surface area contributed by atoms with Crippen LogP contribution in [0.15, 0.2) is 43.2 Å². The van der Waals surface area contributed by atoms with Gasteiger partial charge in [-0.1, -0.05) is 0 Å². The number of rotatable bonds is 2. The third-order valence-electron chi connectivity index (χ3n) is 2.54. The van der Waals surface area contributed by atoms with Gasteiger partial charge < -0.3 is 5.32 Å². The molecule has 2 heterocycles. The van der Waals surface area contributed by atoms with E-state index in [1.807, 2.05) is 0 Å². The number of carbonyl (C=O) groups excluding carboxylic acids is 1. The van der Waals surface area contributed by atoms with Crippen molar-refractivity contribution in [1.82, 2.24) is 29.8 Å². The van der Waals surface area contributed by atoms with Crippen molar-refractivity contribution in [2.24, 2.45) is 0 Å². The zero-order valence-electron chi connectivity index (χ0n) is 10.0. The van der Waals surface area contributed by atoms with Crippen LogP contribution < -0.4 is 5.32 Å². The number of aromatic nitrogens is 6. The highest BCUT2D eigenvalue weighted by Crippen LogP contribution is 2.18. The SMILES string of the molecule is O=C(Nc1cc(-n2cnnn2)ccc1F)n1ccnc1. The second kappa shape index (κ2) is 4.88. The fourth-order valence-corrected chi connectivity index (χ4v) is 1.59. The van der Waals surface area contributed by atoms with Gasteiger partial charge in [0.2, 0.25) is 0 Å². The number of hydrogen-bond donors (Lipinski definition) is 1. The molecule has 20 heavy (non-hydrogen) atoms. The fraction of sp³-hybridized carbons (Fsp3) is 0. The van der Waals surface area contributed by atoms with Crippen LogP contribution in [-0.2, 0) is 0 Å². The van der Waals surface area contributed by atoms with E-state index in [0.29, 0.717) is 5.69 Å². The van der Waals surface area contributed by atoms with Crippen molar-refractivity contribution in [2.45, 2.75) is 0 Å². The second-order valence-electron chi connectivity index (χ2n) is 3.82. The Morgan fingerprint density at radius 1 is 1.30 bits per heavy atom. The molecular formula is C11H8FN7O. The molecule has 3 aromatic rings. The number of hydrogen-bond acceptors (Lipinski definition) is 5. The summed E-state index contributed by atoms with van der Waals surface area (Å²) in [6.07, 6.45) is 5.60. The molecule has 0 bridgehead atoms. The molecule has 9 heteroatoms. The van der Waals surface area contributed by atoms with E-state index >= 15 is 0 Å². The van der Waals surface area contributed by atoms with Crippen LogP contribution in [0.4, 0.5) is 14.9 Å². The van der Waals surface area contributed by atoms with Gasteiger partial charge in [-0.2, -0.15) is 0 Å². The Hall–Kier alpha value is -3.10. The highest BCUT2D eigenvalue weighted by atomic mass is 19.1. The van der Waals surface area contributed by atoms with E-state index in [0.717, 1.165) is 0 Å². The fourth-order valence-electron chi connectivity index (χ4n) is 1.59. The number of amides is 1. The lowest BCUT2D eigenvalue weighted by Crippen LogP contribution is -2.18. The molecule has 0 fully saturated rings. The Balaban J connectivity index is 1.89. The minimum Gasteiger partial charge on any atom is -0.304 e. The Bertz CT molecular complexity index is 723. The van der Waals surface area contributed by atoms with Gasteiger partial charge in [-0.15, -0.1) is 5.10 Å². The Kier molecular flexibility index (Phi) is 2.92. The van der Waals surface area contributed by atoms with E-state index in [9.17, 15) is 9.18 Å². The molecule has 0 atom stereocenters. The average molecular weight is 273 g/mol. The van der Waals surface area contributed by atoms with Gasteiger partial charge >= 0.3 is 6.03 Å². The molecule has 0 radical (unpaired) electrons. The lowest BCUT2D eigenvalue weighted by molar-refractivity contribution is 0.253. The summed E-state index contributed by atoms with van der Waals surface area (Å²) < 4.78 is 16.3. The predicted molar refractivity (Wildman–Crippen MR) is 65.8 cm³/mol. The summed E-state index contributed by atoms with van der Waals surface area (Å²) in [7, 11) is 0. The molecule has 0 aliphatic rings. The number of nitrogens with zero attached hydrogens (tertiary/aromatic N) is 6. The smallest absolute Gasteiger partial charge is 0.304 e. The molecule has 100 valence electrons. The minimum atomic E-state index is -0.560. The molecule has 0 aliphatic heterocycles. The molecule has 0 aliphatic carbocycles. The largest absolute Gasteiger partial charge is 0.331 e. The number of imidazole rings is 1. The van der Waals surface area contributed by atoms with Gasteiger partial charge in [0.05, 0.1) is 11.4 Å². The first-order chi connectivity index (χ1) is 9.74. The van der Waals surface area contributed by atoms with Gasteiger partial charge in [-0.3, -0.25) is 4.57 Å². The zero-order chi connectivity index (χ0) is 13.9. The topological polar surface area (TPSA) is 90.5 Å². The van der Waals surface area contributed by atoms with E-state index in [1.54, 1.807) is 0 Å². The summed E-state index contributed by atoms with van der Waals surface area (Å²) in [5, 5.41) is 13.1. The van der Waals surface area contributed by atoms with Gasteiger partial charge in [-0.05, 0) is 28.6 Å². The zero-order valence-corrected chi connectivity index (χ0v) is 10.0. The van der Waals surface area contributed by atoms with Gasteiger partial charge in [-0.25, -0.2) is 18.9 Å². The summed E-state index contributed by atoms with van der Waals surface area (Å²) in [5.74, 6) is -0.560. The van der Waals surface area contributed by atoms with Crippen LogP contribution in [0.2, 0.25) is 0 Å². The van der Waals surface area contributed by atoms with Crippen molar-refractivity contribution >= 4 is 11.7 Å². The molecule has 1 aromatic carbocycles. The highest BCUT2D eigenvalue weighted by molar-refractivity contribution is 5.91. The predicted octanol–water partition coefficient (Wildman–Crippen LogP) is 1.08. The normalized spacial score (nSPS) is 10.4. The van der Waals surface area contributed by atoms with Gasteiger partial charge in [0.15, 0.2) is 0 Å². The van der Waals surface area contributed by atoms with Gasteiger partial charge in [0.1, 0.15) is 18.5 Å². The lowest BCUT2D eigenvalue weighted by Gasteiger charge is -2.08. The van der Waals surface area contributed by atoms with E-state index in [-0.39, 0.29) is 5.69 Å². The maximum Gasteiger partial charge on any atom is 0.331 e. The highest BCUT2D eigenvalue weighted by Gasteiger charge is 2.10. The summed E-state index contributed by atoms with van der Waals surface area (Å²) in [6.45, 7) is 0. The number of tetrazole rings is 1. The molecule has 0 spiro atoms. The number of halogens is 1. The van der Waals surface area contributed by atoms with Crippen LogP contribution in [0.1, 0.15) is 0 Å². The molecule has 2 aromatic heterocycles. The summed E-state index contributed by atoms with van der Waals surface area (Å²) in [6, 6.07) is 3.63. The first-order valence-corrected chi connectivity index (χ1v) is 5.56. The third-order valence-corrected chi connectivity index (χ3v) is 2.54. The van der Waals surface area contributed by atoms with Gasteiger partial charge in [0.25, 0.3) is 0 Å². The molecule has 3 rings (SSSR count). The number of benzene rings is 1. The van der Waals surface area contributed by atoms with Crippen molar-refractivity contribution in [3.05, 3.63) is 49.1 Å². The van der Waals surface area contributed by atoms with Crippen molar-refractivity contribution in [1.29, 1.82) is 0 Å². The first kappa shape index (κ1) is 12.0. The Morgan fingerprint density at radius 3 is 2.90 bits per heavy atom.